The Kier molecular flexibility index (Phi) is 4.55. The lowest BCUT2D eigenvalue weighted by Gasteiger charge is -2.27. The van der Waals surface area contributed by atoms with Crippen molar-refractivity contribution in [3.8, 4) is 11.1 Å². The molecule has 0 saturated carbocycles. The number of aldehydes is 1. The molecular formula is C19H22N2O2. The van der Waals surface area contributed by atoms with Crippen LogP contribution in [0.25, 0.3) is 11.1 Å². The maximum atomic E-state index is 11.7. The highest BCUT2D eigenvalue weighted by atomic mass is 16.5. The van der Waals surface area contributed by atoms with Crippen molar-refractivity contribution in [1.82, 2.24) is 9.88 Å². The minimum atomic E-state index is -0.182. The van der Waals surface area contributed by atoms with Crippen LogP contribution in [0.5, 0.6) is 0 Å². The van der Waals surface area contributed by atoms with Gasteiger partial charge in [-0.25, -0.2) is 0 Å². The SMILES string of the molecule is COCC(C)N1Cc2cc(-c3cccnc3)cc(C)c2C1C=O. The topological polar surface area (TPSA) is 42.4 Å². The second-order valence-electron chi connectivity index (χ2n) is 6.17. The van der Waals surface area contributed by atoms with Crippen molar-refractivity contribution in [2.75, 3.05) is 13.7 Å². The van der Waals surface area contributed by atoms with Crippen molar-refractivity contribution in [2.45, 2.75) is 32.5 Å². The molecule has 0 N–H and O–H groups in total. The highest BCUT2D eigenvalue weighted by Crippen LogP contribution is 2.38. The predicted octanol–water partition coefficient (Wildman–Crippen LogP) is 3.15. The van der Waals surface area contributed by atoms with Gasteiger partial charge in [-0.15, -0.1) is 0 Å². The Morgan fingerprint density at radius 1 is 1.43 bits per heavy atom. The fourth-order valence-electron chi connectivity index (χ4n) is 3.50. The van der Waals surface area contributed by atoms with Crippen LogP contribution < -0.4 is 0 Å². The number of hydrogen-bond acceptors (Lipinski definition) is 4. The van der Waals surface area contributed by atoms with E-state index in [0.29, 0.717) is 6.61 Å². The molecule has 23 heavy (non-hydrogen) atoms. The molecule has 4 nitrogen and oxygen atoms in total. The van der Waals surface area contributed by atoms with E-state index in [0.717, 1.165) is 35.1 Å². The monoisotopic (exact) mass is 310 g/mol. The zero-order valence-corrected chi connectivity index (χ0v) is 13.8. The third kappa shape index (κ3) is 2.92. The van der Waals surface area contributed by atoms with Crippen LogP contribution in [-0.4, -0.2) is 35.9 Å². The molecule has 1 aromatic heterocycles. The van der Waals surface area contributed by atoms with Gasteiger partial charge in [0.2, 0.25) is 0 Å². The molecule has 1 aliphatic rings. The first-order chi connectivity index (χ1) is 11.2. The van der Waals surface area contributed by atoms with Gasteiger partial charge in [-0.1, -0.05) is 12.1 Å². The van der Waals surface area contributed by atoms with E-state index in [1.54, 1.807) is 13.3 Å². The number of rotatable bonds is 5. The lowest BCUT2D eigenvalue weighted by molar-refractivity contribution is -0.113. The van der Waals surface area contributed by atoms with E-state index in [-0.39, 0.29) is 12.1 Å². The summed E-state index contributed by atoms with van der Waals surface area (Å²) < 4.78 is 5.27. The van der Waals surface area contributed by atoms with Gasteiger partial charge in [-0.2, -0.15) is 0 Å². The second-order valence-corrected chi connectivity index (χ2v) is 6.17. The van der Waals surface area contributed by atoms with Crippen LogP contribution in [0.15, 0.2) is 36.7 Å². The number of hydrogen-bond donors (Lipinski definition) is 0. The van der Waals surface area contributed by atoms with E-state index in [1.165, 1.54) is 5.56 Å². The Hall–Kier alpha value is -2.04. The highest BCUT2D eigenvalue weighted by Gasteiger charge is 2.34. The van der Waals surface area contributed by atoms with E-state index in [4.69, 9.17) is 4.74 Å². The van der Waals surface area contributed by atoms with Crippen LogP contribution in [0, 0.1) is 6.92 Å². The van der Waals surface area contributed by atoms with Crippen LogP contribution in [0.2, 0.25) is 0 Å². The molecule has 1 aromatic carbocycles. The summed E-state index contributed by atoms with van der Waals surface area (Å²) in [6.45, 7) is 5.58. The molecule has 0 fully saturated rings. The molecule has 0 spiro atoms. The minimum absolute atomic E-state index is 0.182. The first kappa shape index (κ1) is 15.8. The molecule has 1 aliphatic heterocycles. The average Bonchev–Trinajstić information content (AvgIpc) is 2.95. The maximum absolute atomic E-state index is 11.7. The Morgan fingerprint density at radius 3 is 2.91 bits per heavy atom. The summed E-state index contributed by atoms with van der Waals surface area (Å²) in [5, 5.41) is 0. The number of fused-ring (bicyclic) bond motifs is 1. The third-order valence-electron chi connectivity index (χ3n) is 4.58. The number of carbonyl (C=O) groups is 1. The Labute approximate surface area is 137 Å². The zero-order chi connectivity index (χ0) is 16.4. The van der Waals surface area contributed by atoms with Crippen molar-refractivity contribution in [3.05, 3.63) is 53.3 Å². The van der Waals surface area contributed by atoms with Gasteiger partial charge in [0.1, 0.15) is 6.29 Å². The predicted molar refractivity (Wildman–Crippen MR) is 90.1 cm³/mol. The molecule has 0 radical (unpaired) electrons. The van der Waals surface area contributed by atoms with Gasteiger partial charge in [0.05, 0.1) is 12.6 Å². The number of nitrogens with zero attached hydrogens (tertiary/aromatic N) is 2. The first-order valence-electron chi connectivity index (χ1n) is 7.89. The molecule has 2 atom stereocenters. The summed E-state index contributed by atoms with van der Waals surface area (Å²) in [5.41, 5.74) is 5.79. The number of ether oxygens (including phenoxy) is 1. The van der Waals surface area contributed by atoms with Gasteiger partial charge < -0.3 is 9.53 Å². The van der Waals surface area contributed by atoms with Crippen molar-refractivity contribution in [2.24, 2.45) is 0 Å². The summed E-state index contributed by atoms with van der Waals surface area (Å²) in [4.78, 5) is 18.1. The summed E-state index contributed by atoms with van der Waals surface area (Å²) in [6.07, 6.45) is 4.70. The van der Waals surface area contributed by atoms with Gasteiger partial charge >= 0.3 is 0 Å². The summed E-state index contributed by atoms with van der Waals surface area (Å²) in [5.74, 6) is 0. The molecule has 0 amide bonds. The van der Waals surface area contributed by atoms with Gasteiger partial charge in [0, 0.05) is 37.7 Å². The fourth-order valence-corrected chi connectivity index (χ4v) is 3.50. The van der Waals surface area contributed by atoms with Gasteiger partial charge in [-0.3, -0.25) is 9.88 Å². The molecule has 0 bridgehead atoms. The molecular weight excluding hydrogens is 288 g/mol. The molecule has 4 heteroatoms. The highest BCUT2D eigenvalue weighted by molar-refractivity contribution is 5.71. The van der Waals surface area contributed by atoms with E-state index in [9.17, 15) is 4.79 Å². The summed E-state index contributed by atoms with van der Waals surface area (Å²) in [6, 6.07) is 8.36. The van der Waals surface area contributed by atoms with Crippen LogP contribution in [-0.2, 0) is 16.1 Å². The summed E-state index contributed by atoms with van der Waals surface area (Å²) >= 11 is 0. The second kappa shape index (κ2) is 6.60. The molecule has 2 heterocycles. The smallest absolute Gasteiger partial charge is 0.141 e. The van der Waals surface area contributed by atoms with Crippen molar-refractivity contribution < 1.29 is 9.53 Å². The van der Waals surface area contributed by atoms with Crippen molar-refractivity contribution >= 4 is 6.29 Å². The van der Waals surface area contributed by atoms with Crippen molar-refractivity contribution in [1.29, 1.82) is 0 Å². The van der Waals surface area contributed by atoms with E-state index in [1.807, 2.05) is 12.3 Å². The van der Waals surface area contributed by atoms with Gasteiger partial charge in [-0.05, 0) is 48.2 Å². The van der Waals surface area contributed by atoms with Crippen LogP contribution in [0.3, 0.4) is 0 Å². The molecule has 120 valence electrons. The number of pyridine rings is 1. The number of benzene rings is 1. The lowest BCUT2D eigenvalue weighted by atomic mass is 9.94. The standard InChI is InChI=1S/C19H22N2O2/c1-13-7-16(15-5-4-6-20-9-15)8-17-10-21(14(2)12-23-3)18(11-22)19(13)17/h4-9,11,14,18H,10,12H2,1-3H3. The minimum Gasteiger partial charge on any atom is -0.383 e. The molecule has 3 rings (SSSR count). The molecule has 0 aliphatic carbocycles. The zero-order valence-electron chi connectivity index (χ0n) is 13.8. The number of aromatic nitrogens is 1. The Morgan fingerprint density at radius 2 is 2.26 bits per heavy atom. The van der Waals surface area contributed by atoms with Crippen molar-refractivity contribution in [3.63, 3.8) is 0 Å². The van der Waals surface area contributed by atoms with Crippen LogP contribution in [0.4, 0.5) is 0 Å². The fraction of sp³-hybridized carbons (Fsp3) is 0.368. The average molecular weight is 310 g/mol. The number of aryl methyl sites for hydroxylation is 1. The molecule has 2 unspecified atom stereocenters. The van der Waals surface area contributed by atoms with Crippen LogP contribution >= 0.6 is 0 Å². The van der Waals surface area contributed by atoms with E-state index >= 15 is 0 Å². The van der Waals surface area contributed by atoms with Gasteiger partial charge in [0.15, 0.2) is 0 Å². The first-order valence-corrected chi connectivity index (χ1v) is 7.89. The number of methoxy groups -OCH3 is 1. The normalized spacial score (nSPS) is 18.7. The Bertz CT molecular complexity index is 700. The molecule has 0 saturated heterocycles. The maximum Gasteiger partial charge on any atom is 0.141 e. The van der Waals surface area contributed by atoms with E-state index in [2.05, 4.69) is 41.9 Å². The molecule has 2 aromatic rings. The van der Waals surface area contributed by atoms with Crippen LogP contribution in [0.1, 0.15) is 29.7 Å². The Balaban J connectivity index is 2.00. The summed E-state index contributed by atoms with van der Waals surface area (Å²) in [7, 11) is 1.70. The third-order valence-corrected chi connectivity index (χ3v) is 4.58. The largest absolute Gasteiger partial charge is 0.383 e. The van der Waals surface area contributed by atoms with Gasteiger partial charge in [0.25, 0.3) is 0 Å². The quantitative estimate of drug-likeness (QED) is 0.796. The number of carbonyl (C=O) groups excluding carboxylic acids is 1. The van der Waals surface area contributed by atoms with E-state index < -0.39 is 0 Å². The lowest BCUT2D eigenvalue weighted by Crippen LogP contribution is -2.35.